The maximum absolute atomic E-state index is 13.3. The molecule has 0 unspecified atom stereocenters. The molecule has 2 heterocycles. The van der Waals surface area contributed by atoms with E-state index in [1.54, 1.807) is 11.0 Å². The summed E-state index contributed by atoms with van der Waals surface area (Å²) in [5.41, 5.74) is 0.834. The van der Waals surface area contributed by atoms with Gasteiger partial charge < -0.3 is 14.4 Å². The van der Waals surface area contributed by atoms with Gasteiger partial charge in [-0.05, 0) is 49.1 Å². The fourth-order valence-electron chi connectivity index (χ4n) is 2.96. The van der Waals surface area contributed by atoms with Gasteiger partial charge in [0.25, 0.3) is 5.91 Å². The summed E-state index contributed by atoms with van der Waals surface area (Å²) >= 11 is 0. The van der Waals surface area contributed by atoms with Crippen molar-refractivity contribution in [3.05, 3.63) is 59.3 Å². The molecule has 0 saturated carbocycles. The third-order valence-electron chi connectivity index (χ3n) is 4.03. The number of aromatic carboxylic acids is 1. The lowest BCUT2D eigenvalue weighted by atomic mass is 10.0. The Morgan fingerprint density at radius 3 is 2.74 bits per heavy atom. The van der Waals surface area contributed by atoms with Crippen LogP contribution in [0.1, 0.15) is 39.5 Å². The highest BCUT2D eigenvalue weighted by atomic mass is 19.1. The van der Waals surface area contributed by atoms with Crippen LogP contribution in [0.3, 0.4) is 0 Å². The molecule has 1 amide bonds. The normalized spacial score (nSPS) is 17.4. The van der Waals surface area contributed by atoms with Gasteiger partial charge in [-0.3, -0.25) is 4.79 Å². The minimum Gasteiger partial charge on any atom is -0.475 e. The molecule has 3 rings (SSSR count). The van der Waals surface area contributed by atoms with E-state index in [-0.39, 0.29) is 29.3 Å². The van der Waals surface area contributed by atoms with Gasteiger partial charge >= 0.3 is 5.97 Å². The molecule has 1 aromatic heterocycles. The first kappa shape index (κ1) is 15.3. The molecular formula is C17H16FNO4. The summed E-state index contributed by atoms with van der Waals surface area (Å²) in [6.07, 6.45) is 2.25. The van der Waals surface area contributed by atoms with E-state index >= 15 is 0 Å². The number of likely N-dealkylation sites (tertiary alicyclic amines) is 1. The third kappa shape index (κ3) is 3.26. The molecule has 1 aliphatic rings. The molecule has 1 saturated heterocycles. The summed E-state index contributed by atoms with van der Waals surface area (Å²) in [4.78, 5) is 25.0. The number of furan rings is 1. The molecule has 0 radical (unpaired) electrons. The largest absolute Gasteiger partial charge is 0.475 e. The Kier molecular flexibility index (Phi) is 4.14. The Balaban J connectivity index is 1.75. The van der Waals surface area contributed by atoms with E-state index < -0.39 is 5.97 Å². The highest BCUT2D eigenvalue weighted by Gasteiger charge is 2.31. The number of hydrogen-bond acceptors (Lipinski definition) is 3. The van der Waals surface area contributed by atoms with Crippen LogP contribution >= 0.6 is 0 Å². The third-order valence-corrected chi connectivity index (χ3v) is 4.03. The van der Waals surface area contributed by atoms with Gasteiger partial charge in [-0.15, -0.1) is 0 Å². The van der Waals surface area contributed by atoms with Crippen molar-refractivity contribution < 1.29 is 23.5 Å². The van der Waals surface area contributed by atoms with Gasteiger partial charge in [0.1, 0.15) is 5.82 Å². The van der Waals surface area contributed by atoms with Crippen LogP contribution in [-0.2, 0) is 6.42 Å². The maximum atomic E-state index is 13.3. The van der Waals surface area contributed by atoms with Crippen LogP contribution in [0.4, 0.5) is 4.39 Å². The van der Waals surface area contributed by atoms with Gasteiger partial charge in [0.05, 0.1) is 0 Å². The first-order chi connectivity index (χ1) is 11.0. The fourth-order valence-corrected chi connectivity index (χ4v) is 2.96. The summed E-state index contributed by atoms with van der Waals surface area (Å²) in [6.45, 7) is 0.585. The summed E-state index contributed by atoms with van der Waals surface area (Å²) in [5, 5.41) is 8.86. The molecule has 1 aliphatic heterocycles. The summed E-state index contributed by atoms with van der Waals surface area (Å²) in [7, 11) is 0. The highest BCUT2D eigenvalue weighted by Crippen LogP contribution is 2.24. The molecule has 1 aromatic carbocycles. The Bertz CT molecular complexity index is 740. The molecule has 0 spiro atoms. The van der Waals surface area contributed by atoms with Crippen molar-refractivity contribution in [3.63, 3.8) is 0 Å². The second kappa shape index (κ2) is 6.24. The zero-order valence-corrected chi connectivity index (χ0v) is 12.4. The summed E-state index contributed by atoms with van der Waals surface area (Å²) < 4.78 is 18.4. The van der Waals surface area contributed by atoms with Crippen molar-refractivity contribution in [2.75, 3.05) is 6.54 Å². The number of amides is 1. The van der Waals surface area contributed by atoms with Gasteiger partial charge in [-0.25, -0.2) is 9.18 Å². The van der Waals surface area contributed by atoms with Crippen molar-refractivity contribution in [1.29, 1.82) is 0 Å². The van der Waals surface area contributed by atoms with Crippen molar-refractivity contribution in [2.24, 2.45) is 0 Å². The number of halogens is 1. The number of rotatable bonds is 4. The standard InChI is InChI=1S/C17H16FNO4/c18-12-4-1-3-11(9-12)10-13-5-2-8-19(13)16(20)14-6-7-15(23-14)17(21)22/h1,3-4,6-7,9,13H,2,5,8,10H2,(H,21,22)/t13-/m1/s1. The van der Waals surface area contributed by atoms with E-state index in [1.807, 2.05) is 6.07 Å². The highest BCUT2D eigenvalue weighted by molar-refractivity contribution is 5.93. The van der Waals surface area contributed by atoms with Crippen LogP contribution in [-0.4, -0.2) is 34.5 Å². The van der Waals surface area contributed by atoms with Crippen molar-refractivity contribution in [2.45, 2.75) is 25.3 Å². The van der Waals surface area contributed by atoms with Crippen LogP contribution in [0.5, 0.6) is 0 Å². The molecular weight excluding hydrogens is 301 g/mol. The molecule has 120 valence electrons. The van der Waals surface area contributed by atoms with E-state index in [0.717, 1.165) is 18.4 Å². The second-order valence-electron chi connectivity index (χ2n) is 5.60. The monoisotopic (exact) mass is 317 g/mol. The number of carboxylic acids is 1. The predicted molar refractivity (Wildman–Crippen MR) is 79.8 cm³/mol. The van der Waals surface area contributed by atoms with Gasteiger partial charge in [0.15, 0.2) is 5.76 Å². The number of nitrogens with zero attached hydrogens (tertiary/aromatic N) is 1. The zero-order chi connectivity index (χ0) is 16.4. The Morgan fingerprint density at radius 2 is 2.04 bits per heavy atom. The maximum Gasteiger partial charge on any atom is 0.371 e. The van der Waals surface area contributed by atoms with Gasteiger partial charge in [-0.1, -0.05) is 12.1 Å². The molecule has 1 N–H and O–H groups in total. The van der Waals surface area contributed by atoms with E-state index in [2.05, 4.69) is 0 Å². The average Bonchev–Trinajstić information content (AvgIpc) is 3.15. The number of hydrogen-bond donors (Lipinski definition) is 1. The second-order valence-corrected chi connectivity index (χ2v) is 5.60. The zero-order valence-electron chi connectivity index (χ0n) is 12.4. The molecule has 2 aromatic rings. The van der Waals surface area contributed by atoms with Crippen molar-refractivity contribution >= 4 is 11.9 Å². The van der Waals surface area contributed by atoms with Crippen LogP contribution < -0.4 is 0 Å². The summed E-state index contributed by atoms with van der Waals surface area (Å²) in [6, 6.07) is 8.95. The molecule has 1 fully saturated rings. The van der Waals surface area contributed by atoms with Gasteiger partial charge in [-0.2, -0.15) is 0 Å². The molecule has 6 heteroatoms. The van der Waals surface area contributed by atoms with E-state index in [1.165, 1.54) is 24.3 Å². The predicted octanol–water partition coefficient (Wildman–Crippen LogP) is 2.96. The van der Waals surface area contributed by atoms with Crippen molar-refractivity contribution in [1.82, 2.24) is 4.90 Å². The lowest BCUT2D eigenvalue weighted by Crippen LogP contribution is -2.36. The first-order valence-corrected chi connectivity index (χ1v) is 7.43. The fraction of sp³-hybridized carbons (Fsp3) is 0.294. The Hall–Kier alpha value is -2.63. The van der Waals surface area contributed by atoms with E-state index in [9.17, 15) is 14.0 Å². The first-order valence-electron chi connectivity index (χ1n) is 7.43. The minimum atomic E-state index is -1.21. The Morgan fingerprint density at radius 1 is 1.26 bits per heavy atom. The molecule has 0 bridgehead atoms. The van der Waals surface area contributed by atoms with Crippen LogP contribution in [0.25, 0.3) is 0 Å². The molecule has 5 nitrogen and oxygen atoms in total. The van der Waals surface area contributed by atoms with Gasteiger partial charge in [0, 0.05) is 12.6 Å². The topological polar surface area (TPSA) is 70.8 Å². The molecule has 1 atom stereocenters. The van der Waals surface area contributed by atoms with E-state index in [0.29, 0.717) is 13.0 Å². The van der Waals surface area contributed by atoms with Crippen LogP contribution in [0.2, 0.25) is 0 Å². The SMILES string of the molecule is O=C(O)c1ccc(C(=O)N2CCC[C@@H]2Cc2cccc(F)c2)o1. The van der Waals surface area contributed by atoms with Gasteiger partial charge in [0.2, 0.25) is 5.76 Å². The lowest BCUT2D eigenvalue weighted by molar-refractivity contribution is 0.0646. The van der Waals surface area contributed by atoms with E-state index in [4.69, 9.17) is 9.52 Å². The number of benzene rings is 1. The average molecular weight is 317 g/mol. The Labute approximate surface area is 132 Å². The summed E-state index contributed by atoms with van der Waals surface area (Å²) in [5.74, 6) is -2.06. The minimum absolute atomic E-state index is 0.0218. The number of carboxylic acid groups (broad SMARTS) is 1. The van der Waals surface area contributed by atoms with Crippen LogP contribution in [0.15, 0.2) is 40.8 Å². The van der Waals surface area contributed by atoms with Crippen molar-refractivity contribution in [3.8, 4) is 0 Å². The molecule has 23 heavy (non-hydrogen) atoms. The number of carbonyl (C=O) groups excluding carboxylic acids is 1. The molecule has 0 aliphatic carbocycles. The van der Waals surface area contributed by atoms with Crippen LogP contribution in [0, 0.1) is 5.82 Å². The lowest BCUT2D eigenvalue weighted by Gasteiger charge is -2.24. The number of carbonyl (C=O) groups is 2. The quantitative estimate of drug-likeness (QED) is 0.941. The smallest absolute Gasteiger partial charge is 0.371 e.